The van der Waals surface area contributed by atoms with Gasteiger partial charge in [0.1, 0.15) is 10.0 Å². The van der Waals surface area contributed by atoms with E-state index in [0.29, 0.717) is 13.0 Å². The maximum absolute atomic E-state index is 11.9. The van der Waals surface area contributed by atoms with E-state index in [-0.39, 0.29) is 5.91 Å². The number of nitrogens with one attached hydrogen (secondary N) is 1. The molecule has 0 aliphatic rings. The van der Waals surface area contributed by atoms with Gasteiger partial charge in [-0.2, -0.15) is 0 Å². The smallest absolute Gasteiger partial charge is 0.237 e. The Morgan fingerprint density at radius 1 is 1.30 bits per heavy atom. The van der Waals surface area contributed by atoms with Crippen molar-refractivity contribution in [1.29, 1.82) is 0 Å². The van der Waals surface area contributed by atoms with E-state index >= 15 is 0 Å². The third-order valence-corrected chi connectivity index (χ3v) is 3.93. The lowest BCUT2D eigenvalue weighted by Crippen LogP contribution is -2.41. The van der Waals surface area contributed by atoms with Gasteiger partial charge in [0.05, 0.1) is 12.6 Å². The van der Waals surface area contributed by atoms with Gasteiger partial charge in [-0.15, -0.1) is 10.2 Å². The molecule has 1 aromatic carbocycles. The van der Waals surface area contributed by atoms with Crippen molar-refractivity contribution in [2.75, 3.05) is 0 Å². The van der Waals surface area contributed by atoms with Crippen molar-refractivity contribution in [3.05, 3.63) is 45.9 Å². The highest BCUT2D eigenvalue weighted by atomic mass is 32.1. The van der Waals surface area contributed by atoms with Crippen LogP contribution in [0.5, 0.6) is 0 Å². The second-order valence-corrected chi connectivity index (χ2v) is 5.60. The van der Waals surface area contributed by atoms with Crippen LogP contribution in [0.2, 0.25) is 0 Å². The molecule has 2 aromatic rings. The van der Waals surface area contributed by atoms with Crippen LogP contribution >= 0.6 is 11.3 Å². The van der Waals surface area contributed by atoms with Gasteiger partial charge in [-0.05, 0) is 18.4 Å². The van der Waals surface area contributed by atoms with E-state index in [2.05, 4.69) is 15.5 Å². The number of carbonyl (C=O) groups excluding carboxylic acids is 1. The zero-order chi connectivity index (χ0) is 14.4. The summed E-state index contributed by atoms with van der Waals surface area (Å²) in [6.45, 7) is 2.41. The maximum Gasteiger partial charge on any atom is 0.237 e. The zero-order valence-corrected chi connectivity index (χ0v) is 12.2. The molecule has 0 aliphatic heterocycles. The van der Waals surface area contributed by atoms with E-state index < -0.39 is 6.04 Å². The number of nitrogens with two attached hydrogens (primary N) is 1. The third-order valence-electron chi connectivity index (χ3n) is 2.86. The maximum atomic E-state index is 11.9. The van der Waals surface area contributed by atoms with Crippen molar-refractivity contribution in [3.8, 4) is 0 Å². The van der Waals surface area contributed by atoms with Crippen LogP contribution in [0.15, 0.2) is 30.3 Å². The largest absolute Gasteiger partial charge is 0.348 e. The second-order valence-electron chi connectivity index (χ2n) is 4.46. The lowest BCUT2D eigenvalue weighted by molar-refractivity contribution is -0.122. The summed E-state index contributed by atoms with van der Waals surface area (Å²) >= 11 is 1.51. The Bertz CT molecular complexity index is 555. The second kappa shape index (κ2) is 7.12. The number of hydrogen-bond acceptors (Lipinski definition) is 5. The van der Waals surface area contributed by atoms with E-state index in [4.69, 9.17) is 5.73 Å². The highest BCUT2D eigenvalue weighted by molar-refractivity contribution is 7.11. The number of aromatic nitrogens is 2. The predicted octanol–water partition coefficient (Wildman–Crippen LogP) is 1.29. The Labute approximate surface area is 122 Å². The molecule has 0 fully saturated rings. The molecule has 0 spiro atoms. The van der Waals surface area contributed by atoms with Gasteiger partial charge in [-0.1, -0.05) is 48.6 Å². The SMILES string of the molecule is CCc1nnc(CNC(=O)[C@@H](N)Cc2ccccc2)s1. The fourth-order valence-electron chi connectivity index (χ4n) is 1.76. The number of nitrogens with zero attached hydrogens (tertiary/aromatic N) is 2. The fraction of sp³-hybridized carbons (Fsp3) is 0.357. The summed E-state index contributed by atoms with van der Waals surface area (Å²) in [6.07, 6.45) is 1.39. The van der Waals surface area contributed by atoms with Gasteiger partial charge in [0.25, 0.3) is 0 Å². The summed E-state index contributed by atoms with van der Waals surface area (Å²) in [4.78, 5) is 11.9. The summed E-state index contributed by atoms with van der Waals surface area (Å²) in [7, 11) is 0. The first-order valence-corrected chi connectivity index (χ1v) is 7.39. The molecule has 1 heterocycles. The molecule has 0 bridgehead atoms. The molecule has 0 radical (unpaired) electrons. The molecule has 1 atom stereocenters. The first-order chi connectivity index (χ1) is 9.69. The standard InChI is InChI=1S/C14H18N4OS/c1-2-12-17-18-13(20-12)9-16-14(19)11(15)8-10-6-4-3-5-7-10/h3-7,11H,2,8-9,15H2,1H3,(H,16,19)/t11-/m0/s1. The molecule has 1 amide bonds. The van der Waals surface area contributed by atoms with Crippen LogP contribution in [0.4, 0.5) is 0 Å². The van der Waals surface area contributed by atoms with Crippen molar-refractivity contribution >= 4 is 17.2 Å². The van der Waals surface area contributed by atoms with Gasteiger partial charge in [-0.25, -0.2) is 0 Å². The molecule has 3 N–H and O–H groups in total. The molecular formula is C14H18N4OS. The number of amides is 1. The lowest BCUT2D eigenvalue weighted by Gasteiger charge is -2.11. The number of aryl methyl sites for hydroxylation is 1. The zero-order valence-electron chi connectivity index (χ0n) is 11.4. The van der Waals surface area contributed by atoms with Crippen molar-refractivity contribution in [2.45, 2.75) is 32.4 Å². The molecule has 0 saturated heterocycles. The summed E-state index contributed by atoms with van der Waals surface area (Å²) in [5.41, 5.74) is 6.96. The van der Waals surface area contributed by atoms with Gasteiger partial charge >= 0.3 is 0 Å². The monoisotopic (exact) mass is 290 g/mol. The molecule has 0 unspecified atom stereocenters. The molecule has 0 saturated carbocycles. The third kappa shape index (κ3) is 4.11. The predicted molar refractivity (Wildman–Crippen MR) is 79.3 cm³/mol. The quantitative estimate of drug-likeness (QED) is 0.840. The average Bonchev–Trinajstić information content (AvgIpc) is 2.93. The van der Waals surface area contributed by atoms with Crippen molar-refractivity contribution in [2.24, 2.45) is 5.73 Å². The van der Waals surface area contributed by atoms with Crippen LogP contribution in [0.1, 0.15) is 22.5 Å². The number of carbonyl (C=O) groups is 1. The lowest BCUT2D eigenvalue weighted by atomic mass is 10.1. The van der Waals surface area contributed by atoms with Gasteiger partial charge in [-0.3, -0.25) is 4.79 Å². The van der Waals surface area contributed by atoms with Crippen LogP contribution in [-0.4, -0.2) is 22.1 Å². The van der Waals surface area contributed by atoms with E-state index in [9.17, 15) is 4.79 Å². The average molecular weight is 290 g/mol. The minimum absolute atomic E-state index is 0.165. The van der Waals surface area contributed by atoms with Crippen LogP contribution in [0.25, 0.3) is 0 Å². The summed E-state index contributed by atoms with van der Waals surface area (Å²) in [5, 5.41) is 12.6. The molecule has 106 valence electrons. The van der Waals surface area contributed by atoms with Crippen molar-refractivity contribution in [3.63, 3.8) is 0 Å². The van der Waals surface area contributed by atoms with Crippen LogP contribution < -0.4 is 11.1 Å². The number of hydrogen-bond donors (Lipinski definition) is 2. The number of benzene rings is 1. The van der Waals surface area contributed by atoms with Gasteiger partial charge < -0.3 is 11.1 Å². The molecule has 5 nitrogen and oxygen atoms in total. The Hall–Kier alpha value is -1.79. The molecule has 20 heavy (non-hydrogen) atoms. The first-order valence-electron chi connectivity index (χ1n) is 6.57. The van der Waals surface area contributed by atoms with E-state index in [1.54, 1.807) is 0 Å². The summed E-state index contributed by atoms with van der Waals surface area (Å²) in [6, 6.07) is 9.20. The Kier molecular flexibility index (Phi) is 5.20. The Balaban J connectivity index is 1.82. The van der Waals surface area contributed by atoms with Crippen LogP contribution in [0.3, 0.4) is 0 Å². The first kappa shape index (κ1) is 14.6. The van der Waals surface area contributed by atoms with E-state index in [0.717, 1.165) is 22.0 Å². The Morgan fingerprint density at radius 3 is 2.65 bits per heavy atom. The molecular weight excluding hydrogens is 272 g/mol. The summed E-state index contributed by atoms with van der Waals surface area (Å²) < 4.78 is 0. The molecule has 6 heteroatoms. The minimum Gasteiger partial charge on any atom is -0.348 e. The normalized spacial score (nSPS) is 12.1. The van der Waals surface area contributed by atoms with Gasteiger partial charge in [0, 0.05) is 0 Å². The minimum atomic E-state index is -0.545. The topological polar surface area (TPSA) is 80.9 Å². The Morgan fingerprint density at radius 2 is 2.00 bits per heavy atom. The van der Waals surface area contributed by atoms with Crippen LogP contribution in [0, 0.1) is 0 Å². The fourth-order valence-corrected chi connectivity index (χ4v) is 2.48. The van der Waals surface area contributed by atoms with Crippen LogP contribution in [-0.2, 0) is 24.2 Å². The highest BCUT2D eigenvalue weighted by Gasteiger charge is 2.14. The molecule has 2 rings (SSSR count). The van der Waals surface area contributed by atoms with Gasteiger partial charge in [0.2, 0.25) is 5.91 Å². The van der Waals surface area contributed by atoms with E-state index in [1.165, 1.54) is 11.3 Å². The van der Waals surface area contributed by atoms with Crippen molar-refractivity contribution in [1.82, 2.24) is 15.5 Å². The molecule has 0 aliphatic carbocycles. The highest BCUT2D eigenvalue weighted by Crippen LogP contribution is 2.09. The number of rotatable bonds is 6. The van der Waals surface area contributed by atoms with Crippen molar-refractivity contribution < 1.29 is 4.79 Å². The summed E-state index contributed by atoms with van der Waals surface area (Å²) in [5.74, 6) is -0.165. The van der Waals surface area contributed by atoms with E-state index in [1.807, 2.05) is 37.3 Å². The van der Waals surface area contributed by atoms with Gasteiger partial charge in [0.15, 0.2) is 0 Å². The molecule has 1 aromatic heterocycles.